The number of amides is 1. The lowest BCUT2D eigenvalue weighted by Crippen LogP contribution is -2.25. The van der Waals surface area contributed by atoms with E-state index in [1.807, 2.05) is 4.90 Å². The van der Waals surface area contributed by atoms with Gasteiger partial charge in [0.2, 0.25) is 11.8 Å². The minimum atomic E-state index is -0.715. The average molecular weight is 295 g/mol. The normalized spacial score (nSPS) is 18.4. The maximum atomic E-state index is 11.0. The summed E-state index contributed by atoms with van der Waals surface area (Å²) in [7, 11) is 0. The molecule has 1 aliphatic heterocycles. The van der Waals surface area contributed by atoms with Crippen molar-refractivity contribution in [2.24, 2.45) is 5.73 Å². The van der Waals surface area contributed by atoms with Crippen molar-refractivity contribution in [2.45, 2.75) is 18.9 Å². The predicted molar refractivity (Wildman–Crippen MR) is 69.2 cm³/mol. The van der Waals surface area contributed by atoms with Gasteiger partial charge in [-0.3, -0.25) is 4.79 Å². The highest BCUT2D eigenvalue weighted by atomic mass is 35.5. The fourth-order valence-electron chi connectivity index (χ4n) is 2.19. The van der Waals surface area contributed by atoms with Crippen molar-refractivity contribution in [3.05, 3.63) is 29.1 Å². The molecule has 3 rings (SSSR count). The molecule has 9 heteroatoms. The first-order valence-electron chi connectivity index (χ1n) is 6.03. The smallest absolute Gasteiger partial charge is 0.290 e. The molecule has 20 heavy (non-hydrogen) atoms. The highest BCUT2D eigenvalue weighted by molar-refractivity contribution is 6.30. The zero-order chi connectivity index (χ0) is 14.1. The van der Waals surface area contributed by atoms with E-state index >= 15 is 0 Å². The second-order valence-corrected chi connectivity index (χ2v) is 4.81. The lowest BCUT2D eigenvalue weighted by atomic mass is 10.2. The maximum Gasteiger partial charge on any atom is 0.290 e. The molecule has 2 aromatic heterocycles. The third-order valence-corrected chi connectivity index (χ3v) is 3.26. The number of aromatic nitrogens is 4. The summed E-state index contributed by atoms with van der Waals surface area (Å²) in [5, 5.41) is 4.02. The molecule has 0 aromatic carbocycles. The van der Waals surface area contributed by atoms with Crippen LogP contribution in [-0.4, -0.2) is 32.6 Å². The van der Waals surface area contributed by atoms with Gasteiger partial charge in [0.05, 0.1) is 17.4 Å². The molecule has 1 saturated heterocycles. The van der Waals surface area contributed by atoms with Crippen molar-refractivity contribution in [3.63, 3.8) is 0 Å². The van der Waals surface area contributed by atoms with Crippen LogP contribution in [-0.2, 0) is 0 Å². The summed E-state index contributed by atoms with van der Waals surface area (Å²) >= 11 is 5.77. The Kier molecular flexibility index (Phi) is 3.23. The van der Waals surface area contributed by atoms with Crippen LogP contribution in [0.25, 0.3) is 0 Å². The number of nitrogens with two attached hydrogens (primary N) is 1. The summed E-state index contributed by atoms with van der Waals surface area (Å²) in [6.07, 6.45) is 4.81. The molecule has 1 atom stereocenters. The molecule has 2 aromatic rings. The number of carbonyl (C=O) groups is 1. The van der Waals surface area contributed by atoms with Crippen LogP contribution in [0, 0.1) is 0 Å². The Balaban J connectivity index is 1.88. The minimum Gasteiger partial charge on any atom is -0.363 e. The zero-order valence-corrected chi connectivity index (χ0v) is 11.1. The topological polar surface area (TPSA) is 111 Å². The SMILES string of the molecule is NC(=O)c1noc(C2CCCN2c2ncc(Cl)cn2)n1. The molecule has 104 valence electrons. The molecule has 0 radical (unpaired) electrons. The number of hydrogen-bond acceptors (Lipinski definition) is 7. The van der Waals surface area contributed by atoms with Gasteiger partial charge >= 0.3 is 0 Å². The molecule has 1 unspecified atom stereocenters. The van der Waals surface area contributed by atoms with Crippen molar-refractivity contribution < 1.29 is 9.32 Å². The van der Waals surface area contributed by atoms with Gasteiger partial charge in [0.25, 0.3) is 11.7 Å². The largest absolute Gasteiger partial charge is 0.363 e. The van der Waals surface area contributed by atoms with Crippen LogP contribution in [0.4, 0.5) is 5.95 Å². The number of hydrogen-bond donors (Lipinski definition) is 1. The van der Waals surface area contributed by atoms with Crippen LogP contribution in [0.15, 0.2) is 16.9 Å². The number of primary amides is 1. The van der Waals surface area contributed by atoms with Crippen LogP contribution in [0.1, 0.15) is 35.4 Å². The van der Waals surface area contributed by atoms with Gasteiger partial charge in [-0.1, -0.05) is 16.8 Å². The maximum absolute atomic E-state index is 11.0. The highest BCUT2D eigenvalue weighted by Crippen LogP contribution is 2.33. The minimum absolute atomic E-state index is 0.121. The molecular weight excluding hydrogens is 284 g/mol. The third kappa shape index (κ3) is 2.29. The quantitative estimate of drug-likeness (QED) is 0.897. The fraction of sp³-hybridized carbons (Fsp3) is 0.364. The first-order chi connectivity index (χ1) is 9.65. The molecule has 3 heterocycles. The van der Waals surface area contributed by atoms with Crippen molar-refractivity contribution in [2.75, 3.05) is 11.4 Å². The molecule has 0 bridgehead atoms. The van der Waals surface area contributed by atoms with Crippen molar-refractivity contribution >= 4 is 23.5 Å². The Labute approximate surface area is 118 Å². The number of anilines is 1. The summed E-state index contributed by atoms with van der Waals surface area (Å²) in [4.78, 5) is 25.3. The molecular formula is C11H11ClN6O2. The van der Waals surface area contributed by atoms with E-state index < -0.39 is 5.91 Å². The van der Waals surface area contributed by atoms with E-state index in [2.05, 4.69) is 20.1 Å². The molecule has 0 aliphatic carbocycles. The van der Waals surface area contributed by atoms with Crippen molar-refractivity contribution in [1.29, 1.82) is 0 Å². The van der Waals surface area contributed by atoms with Gasteiger partial charge in [0.1, 0.15) is 6.04 Å². The highest BCUT2D eigenvalue weighted by Gasteiger charge is 2.32. The van der Waals surface area contributed by atoms with Crippen LogP contribution in [0.5, 0.6) is 0 Å². The molecule has 1 fully saturated rings. The van der Waals surface area contributed by atoms with Gasteiger partial charge in [-0.15, -0.1) is 0 Å². The summed E-state index contributed by atoms with van der Waals surface area (Å²) < 4.78 is 5.10. The second-order valence-electron chi connectivity index (χ2n) is 4.37. The van der Waals surface area contributed by atoms with E-state index in [1.165, 1.54) is 12.4 Å². The van der Waals surface area contributed by atoms with Gasteiger partial charge in [-0.05, 0) is 12.8 Å². The molecule has 8 nitrogen and oxygen atoms in total. The molecule has 0 spiro atoms. The van der Waals surface area contributed by atoms with Gasteiger partial charge in [-0.2, -0.15) is 4.98 Å². The predicted octanol–water partition coefficient (Wildman–Crippen LogP) is 0.953. The lowest BCUT2D eigenvalue weighted by molar-refractivity contribution is 0.0987. The van der Waals surface area contributed by atoms with E-state index in [4.69, 9.17) is 21.9 Å². The number of halogens is 1. The molecule has 0 saturated carbocycles. The fourth-order valence-corrected chi connectivity index (χ4v) is 2.28. The number of rotatable bonds is 3. The van der Waals surface area contributed by atoms with Crippen LogP contribution >= 0.6 is 11.6 Å². The third-order valence-electron chi connectivity index (χ3n) is 3.06. The van der Waals surface area contributed by atoms with Gasteiger partial charge in [-0.25, -0.2) is 9.97 Å². The van der Waals surface area contributed by atoms with Gasteiger partial charge in [0, 0.05) is 6.54 Å². The summed E-state index contributed by atoms with van der Waals surface area (Å²) in [5.74, 6) is 0.0433. The Bertz CT molecular complexity index is 628. The Morgan fingerprint density at radius 1 is 1.45 bits per heavy atom. The first kappa shape index (κ1) is 12.8. The van der Waals surface area contributed by atoms with E-state index in [9.17, 15) is 4.79 Å². The summed E-state index contributed by atoms with van der Waals surface area (Å²) in [5.41, 5.74) is 5.11. The zero-order valence-electron chi connectivity index (χ0n) is 10.4. The lowest BCUT2D eigenvalue weighted by Gasteiger charge is -2.21. The monoisotopic (exact) mass is 294 g/mol. The van der Waals surface area contributed by atoms with E-state index in [-0.39, 0.29) is 11.9 Å². The summed E-state index contributed by atoms with van der Waals surface area (Å²) in [6, 6.07) is -0.156. The average Bonchev–Trinajstić information content (AvgIpc) is 3.08. The second kappa shape index (κ2) is 5.04. The Morgan fingerprint density at radius 2 is 2.20 bits per heavy atom. The van der Waals surface area contributed by atoms with Crippen LogP contribution in [0.3, 0.4) is 0 Å². The number of carbonyl (C=O) groups excluding carboxylic acids is 1. The molecule has 1 aliphatic rings. The molecule has 1 amide bonds. The molecule has 2 N–H and O–H groups in total. The van der Waals surface area contributed by atoms with Gasteiger partial charge < -0.3 is 15.2 Å². The Morgan fingerprint density at radius 3 is 2.85 bits per heavy atom. The Hall–Kier alpha value is -2.22. The van der Waals surface area contributed by atoms with E-state index in [0.717, 1.165) is 19.4 Å². The van der Waals surface area contributed by atoms with Crippen molar-refractivity contribution in [3.8, 4) is 0 Å². The first-order valence-corrected chi connectivity index (χ1v) is 6.40. The van der Waals surface area contributed by atoms with Crippen LogP contribution in [0.2, 0.25) is 5.02 Å². The summed E-state index contributed by atoms with van der Waals surface area (Å²) in [6.45, 7) is 0.764. The van der Waals surface area contributed by atoms with Crippen molar-refractivity contribution in [1.82, 2.24) is 20.1 Å². The number of nitrogens with zero attached hydrogens (tertiary/aromatic N) is 5. The van der Waals surface area contributed by atoms with Crippen LogP contribution < -0.4 is 10.6 Å². The standard InChI is InChI=1S/C11H11ClN6O2/c12-6-4-14-11(15-5-6)18-3-1-2-7(18)10-16-9(8(13)19)17-20-10/h4-5,7H,1-3H2,(H2,13,19). The van der Waals surface area contributed by atoms with E-state index in [0.29, 0.717) is 16.9 Å². The van der Waals surface area contributed by atoms with Gasteiger partial charge in [0.15, 0.2) is 0 Å². The van der Waals surface area contributed by atoms with E-state index in [1.54, 1.807) is 0 Å².